The number of nitrogens with one attached hydrogen (secondary N) is 1. The van der Waals surface area contributed by atoms with Crippen molar-refractivity contribution in [3.63, 3.8) is 0 Å². The van der Waals surface area contributed by atoms with Crippen LogP contribution in [0.25, 0.3) is 0 Å². The second-order valence-corrected chi connectivity index (χ2v) is 9.88. The van der Waals surface area contributed by atoms with Gasteiger partial charge < -0.3 is 19.6 Å². The molecule has 0 radical (unpaired) electrons. The van der Waals surface area contributed by atoms with E-state index in [0.717, 1.165) is 12.2 Å². The minimum absolute atomic E-state index is 0.104. The highest BCUT2D eigenvalue weighted by molar-refractivity contribution is 5.85. The van der Waals surface area contributed by atoms with E-state index in [0.29, 0.717) is 31.5 Å². The predicted octanol–water partition coefficient (Wildman–Crippen LogP) is 8.31. The summed E-state index contributed by atoms with van der Waals surface area (Å²) < 4.78 is 33.5. The SMILES string of the molecule is C/C=C\CCCC(=O)NC(C)C(=O)Oc1ccc(CO[N+](=O)[O-])cc1.CC.CF.FC(/C=C/C1CCCC1)COc1ccccc1. The normalized spacial score (nSPS) is 13.5. The van der Waals surface area contributed by atoms with Gasteiger partial charge in [-0.1, -0.05) is 81.3 Å². The van der Waals surface area contributed by atoms with E-state index in [2.05, 4.69) is 10.2 Å². The number of hydrogen-bond acceptors (Lipinski definition) is 7. The molecule has 1 N–H and O–H groups in total. The number of carbonyl (C=O) groups excluding carboxylic acids is 2. The Bertz CT molecular complexity index is 1140. The summed E-state index contributed by atoms with van der Waals surface area (Å²) in [5.74, 6) is 0.802. The maximum Gasteiger partial charge on any atom is 0.333 e. The number of para-hydroxylation sites is 1. The fourth-order valence-electron chi connectivity index (χ4n) is 4.08. The van der Waals surface area contributed by atoms with E-state index in [4.69, 9.17) is 9.47 Å². The summed E-state index contributed by atoms with van der Waals surface area (Å²) in [6, 6.07) is 14.7. The summed E-state index contributed by atoms with van der Waals surface area (Å²) in [4.78, 5) is 38.1. The number of unbranched alkanes of at least 4 members (excludes halogenated alkanes) is 1. The van der Waals surface area contributed by atoms with E-state index in [-0.39, 0.29) is 24.9 Å². The van der Waals surface area contributed by atoms with Crippen LogP contribution in [0.1, 0.15) is 78.2 Å². The predicted molar refractivity (Wildman–Crippen MR) is 176 cm³/mol. The zero-order valence-electron chi connectivity index (χ0n) is 27.7. The topological polar surface area (TPSA) is 117 Å². The van der Waals surface area contributed by atoms with Gasteiger partial charge in [-0.3, -0.25) is 9.18 Å². The molecule has 9 nitrogen and oxygen atoms in total. The van der Waals surface area contributed by atoms with Crippen molar-refractivity contribution >= 4 is 11.9 Å². The highest BCUT2D eigenvalue weighted by atomic mass is 19.1. The van der Waals surface area contributed by atoms with Crippen LogP contribution in [0.4, 0.5) is 8.78 Å². The van der Waals surface area contributed by atoms with E-state index >= 15 is 0 Å². The van der Waals surface area contributed by atoms with Crippen molar-refractivity contribution in [3.8, 4) is 11.5 Å². The third-order valence-electron chi connectivity index (χ3n) is 6.36. The standard InChI is InChI=1S/C17H22N2O6.C15H19FO.C2H6.CH3F/c1-3-4-5-6-7-16(20)18-13(2)17(21)25-15-10-8-14(9-11-15)12-24-19(22)23;16-14(11-10-13-6-4-5-7-13)12-17-15-8-2-1-3-9-15;2*1-2/h3-4,8-11,13H,5-7,12H2,1-2H3,(H,18,20);1-3,8-11,13-14H,4-7,12H2;1-2H3;1H3/b4-3-;11-10+;;. The molecule has 2 atom stereocenters. The number of benzene rings is 2. The van der Waals surface area contributed by atoms with Crippen LogP contribution in [0.15, 0.2) is 78.9 Å². The lowest BCUT2D eigenvalue weighted by molar-refractivity contribution is -0.763. The van der Waals surface area contributed by atoms with Crippen molar-refractivity contribution in [3.05, 3.63) is 94.6 Å². The van der Waals surface area contributed by atoms with E-state index < -0.39 is 23.3 Å². The molecule has 2 unspecified atom stereocenters. The molecule has 1 aliphatic rings. The van der Waals surface area contributed by atoms with Gasteiger partial charge in [-0.15, -0.1) is 10.1 Å². The van der Waals surface area contributed by atoms with Crippen molar-refractivity contribution < 1.29 is 37.8 Å². The van der Waals surface area contributed by atoms with Gasteiger partial charge in [0.2, 0.25) is 5.91 Å². The molecule has 2 aromatic carbocycles. The molecule has 46 heavy (non-hydrogen) atoms. The van der Waals surface area contributed by atoms with Gasteiger partial charge in [0.05, 0.1) is 7.18 Å². The molecule has 0 bridgehead atoms. The van der Waals surface area contributed by atoms with Crippen LogP contribution in [0.5, 0.6) is 11.5 Å². The van der Waals surface area contributed by atoms with Crippen LogP contribution in [0.2, 0.25) is 0 Å². The molecule has 1 saturated carbocycles. The molecule has 0 aliphatic heterocycles. The Morgan fingerprint density at radius 3 is 2.26 bits per heavy atom. The lowest BCUT2D eigenvalue weighted by atomic mass is 10.1. The Labute approximate surface area is 272 Å². The number of amides is 1. The van der Waals surface area contributed by atoms with E-state index in [1.54, 1.807) is 25.1 Å². The third kappa shape index (κ3) is 20.6. The molecule has 0 saturated heterocycles. The Balaban J connectivity index is 0.000000835. The van der Waals surface area contributed by atoms with Crippen LogP contribution in [-0.2, 0) is 21.0 Å². The molecule has 1 fully saturated rings. The molecule has 3 rings (SSSR count). The molecule has 1 aliphatic carbocycles. The van der Waals surface area contributed by atoms with Gasteiger partial charge in [0.1, 0.15) is 30.8 Å². The first-order valence-corrected chi connectivity index (χ1v) is 15.6. The highest BCUT2D eigenvalue weighted by Crippen LogP contribution is 2.26. The second kappa shape index (κ2) is 27.1. The molecule has 0 aromatic heterocycles. The average molecular weight is 649 g/mol. The molecule has 0 heterocycles. The Morgan fingerprint density at radius 1 is 1.04 bits per heavy atom. The lowest BCUT2D eigenvalue weighted by Gasteiger charge is -2.13. The number of halogens is 2. The van der Waals surface area contributed by atoms with Gasteiger partial charge in [-0.2, -0.15) is 0 Å². The molecule has 0 spiro atoms. The van der Waals surface area contributed by atoms with Crippen molar-refractivity contribution in [2.45, 2.75) is 91.5 Å². The van der Waals surface area contributed by atoms with Gasteiger partial charge in [-0.25, -0.2) is 9.18 Å². The van der Waals surface area contributed by atoms with Crippen LogP contribution >= 0.6 is 0 Å². The summed E-state index contributed by atoms with van der Waals surface area (Å²) >= 11 is 0. The van der Waals surface area contributed by atoms with Gasteiger partial charge in [0.25, 0.3) is 5.09 Å². The quantitative estimate of drug-likeness (QED) is 0.0515. The second-order valence-electron chi connectivity index (χ2n) is 9.88. The fraction of sp³-hybridized carbons (Fsp3) is 0.486. The molecule has 1 amide bonds. The zero-order chi connectivity index (χ0) is 34.6. The number of carbonyl (C=O) groups is 2. The maximum absolute atomic E-state index is 13.5. The van der Waals surface area contributed by atoms with Crippen molar-refractivity contribution in [1.29, 1.82) is 0 Å². The summed E-state index contributed by atoms with van der Waals surface area (Å²) in [6.07, 6.45) is 13.4. The molecule has 2 aromatic rings. The molecule has 256 valence electrons. The van der Waals surface area contributed by atoms with E-state index in [1.165, 1.54) is 37.8 Å². The smallest absolute Gasteiger partial charge is 0.333 e. The van der Waals surface area contributed by atoms with E-state index in [1.807, 2.05) is 69.3 Å². The van der Waals surface area contributed by atoms with Gasteiger partial charge in [0, 0.05) is 6.42 Å². The van der Waals surface area contributed by atoms with Gasteiger partial charge >= 0.3 is 5.97 Å². The Hall–Kier alpha value is -4.28. The monoisotopic (exact) mass is 648 g/mol. The van der Waals surface area contributed by atoms with Crippen LogP contribution < -0.4 is 14.8 Å². The minimum atomic E-state index is -1.00. The summed E-state index contributed by atoms with van der Waals surface area (Å²) in [5.41, 5.74) is 0.568. The molecular formula is C35H50F2N2O7. The van der Waals surface area contributed by atoms with Crippen LogP contribution in [0, 0.1) is 16.0 Å². The largest absolute Gasteiger partial charge is 0.490 e. The number of rotatable bonds is 15. The number of ether oxygens (including phenoxy) is 2. The van der Waals surface area contributed by atoms with Crippen LogP contribution in [0.3, 0.4) is 0 Å². The number of nitrogens with zero attached hydrogens (tertiary/aromatic N) is 1. The number of esters is 1. The third-order valence-corrected chi connectivity index (χ3v) is 6.36. The lowest BCUT2D eigenvalue weighted by Crippen LogP contribution is -2.40. The van der Waals surface area contributed by atoms with Gasteiger partial charge in [0.15, 0.2) is 6.17 Å². The maximum atomic E-state index is 13.5. The molecular weight excluding hydrogens is 598 g/mol. The minimum Gasteiger partial charge on any atom is -0.490 e. The van der Waals surface area contributed by atoms with Gasteiger partial charge in [-0.05, 0) is 75.3 Å². The summed E-state index contributed by atoms with van der Waals surface area (Å²) in [7, 11) is 0.500. The number of hydrogen-bond donors (Lipinski definition) is 1. The van der Waals surface area contributed by atoms with E-state index in [9.17, 15) is 28.5 Å². The molecule has 11 heteroatoms. The number of alkyl halides is 2. The first kappa shape index (κ1) is 41.7. The van der Waals surface area contributed by atoms with Crippen molar-refractivity contribution in [1.82, 2.24) is 5.32 Å². The average Bonchev–Trinajstić information content (AvgIpc) is 3.61. The first-order chi connectivity index (χ1) is 22.3. The summed E-state index contributed by atoms with van der Waals surface area (Å²) in [5, 5.41) is 11.8. The van der Waals surface area contributed by atoms with Crippen molar-refractivity contribution in [2.24, 2.45) is 5.92 Å². The zero-order valence-corrected chi connectivity index (χ0v) is 27.7. The summed E-state index contributed by atoms with van der Waals surface area (Å²) in [6.45, 7) is 7.39. The van der Waals surface area contributed by atoms with Crippen LogP contribution in [-0.4, -0.2) is 43.0 Å². The highest BCUT2D eigenvalue weighted by Gasteiger charge is 2.17. The number of allylic oxidation sites excluding steroid dienone is 3. The first-order valence-electron chi connectivity index (χ1n) is 15.6. The Morgan fingerprint density at radius 2 is 1.67 bits per heavy atom. The fourth-order valence-corrected chi connectivity index (χ4v) is 4.08. The Kier molecular flexibility index (Phi) is 24.5. The van der Waals surface area contributed by atoms with Crippen molar-refractivity contribution in [2.75, 3.05) is 13.8 Å².